The number of hydrogen-bond donors (Lipinski definition) is 0. The van der Waals surface area contributed by atoms with E-state index in [1.807, 2.05) is 81.5 Å². The molecule has 0 aliphatic carbocycles. The zero-order chi connectivity index (χ0) is 21.6. The summed E-state index contributed by atoms with van der Waals surface area (Å²) in [6, 6.07) is 13.4. The van der Waals surface area contributed by atoms with Crippen LogP contribution in [0.5, 0.6) is 0 Å². The molecule has 0 N–H and O–H groups in total. The number of hydrogen-bond acceptors (Lipinski definition) is 5. The Morgan fingerprint density at radius 2 is 1.80 bits per heavy atom. The van der Waals surface area contributed by atoms with Gasteiger partial charge in [0.15, 0.2) is 5.16 Å². The highest BCUT2D eigenvalue weighted by Gasteiger charge is 2.23. The van der Waals surface area contributed by atoms with Crippen molar-refractivity contribution in [2.45, 2.75) is 39.8 Å². The zero-order valence-corrected chi connectivity index (χ0v) is 18.6. The average Bonchev–Trinajstić information content (AvgIpc) is 3.10. The lowest BCUT2D eigenvalue weighted by atomic mass is 9.92. The second kappa shape index (κ2) is 7.40. The molecule has 2 aromatic heterocycles. The normalized spacial score (nSPS) is 12.0. The van der Waals surface area contributed by atoms with Crippen LogP contribution in [0.2, 0.25) is 0 Å². The Kier molecular flexibility index (Phi) is 5.02. The molecule has 2 aromatic carbocycles. The molecular formula is C23H24N4O2S. The summed E-state index contributed by atoms with van der Waals surface area (Å²) in [7, 11) is 0. The van der Waals surface area contributed by atoms with E-state index < -0.39 is 5.41 Å². The van der Waals surface area contributed by atoms with Gasteiger partial charge in [-0.2, -0.15) is 0 Å². The third-order valence-electron chi connectivity index (χ3n) is 5.16. The first-order chi connectivity index (χ1) is 14.2. The lowest BCUT2D eigenvalue weighted by Crippen LogP contribution is -2.23. The quantitative estimate of drug-likeness (QED) is 0.459. The molecule has 4 rings (SSSR count). The van der Waals surface area contributed by atoms with Crippen molar-refractivity contribution in [1.29, 1.82) is 0 Å². The van der Waals surface area contributed by atoms with E-state index in [4.69, 9.17) is 0 Å². The molecule has 0 atom stereocenters. The predicted octanol–water partition coefficient (Wildman–Crippen LogP) is 4.36. The number of rotatable bonds is 4. The van der Waals surface area contributed by atoms with Crippen LogP contribution in [0.3, 0.4) is 0 Å². The first kappa shape index (κ1) is 20.3. The molecule has 6 nitrogen and oxygen atoms in total. The maximum atomic E-state index is 13.4. The van der Waals surface area contributed by atoms with Crippen LogP contribution in [0.4, 0.5) is 0 Å². The lowest BCUT2D eigenvalue weighted by molar-refractivity contribution is -0.123. The Morgan fingerprint density at radius 3 is 2.50 bits per heavy atom. The minimum Gasteiger partial charge on any atom is -0.298 e. The summed E-state index contributed by atoms with van der Waals surface area (Å²) in [5.74, 6) is 0.869. The zero-order valence-electron chi connectivity index (χ0n) is 17.8. The lowest BCUT2D eigenvalue weighted by Gasteiger charge is -2.16. The van der Waals surface area contributed by atoms with E-state index in [0.29, 0.717) is 22.1 Å². The van der Waals surface area contributed by atoms with Crippen LogP contribution in [0.25, 0.3) is 22.4 Å². The Balaban J connectivity index is 1.97. The predicted molar refractivity (Wildman–Crippen MR) is 121 cm³/mol. The van der Waals surface area contributed by atoms with Crippen molar-refractivity contribution in [2.75, 3.05) is 5.75 Å². The molecule has 0 unspecified atom stereocenters. The number of benzene rings is 2. The van der Waals surface area contributed by atoms with Crippen molar-refractivity contribution < 1.29 is 4.79 Å². The molecule has 0 fully saturated rings. The van der Waals surface area contributed by atoms with Crippen molar-refractivity contribution >= 4 is 34.2 Å². The fourth-order valence-corrected chi connectivity index (χ4v) is 4.49. The van der Waals surface area contributed by atoms with E-state index in [0.717, 1.165) is 22.3 Å². The second-order valence-electron chi connectivity index (χ2n) is 8.53. The molecular weight excluding hydrogens is 396 g/mol. The number of fused-ring (bicyclic) bond motifs is 3. The van der Waals surface area contributed by atoms with Gasteiger partial charge in [-0.25, -0.2) is 4.57 Å². The molecule has 0 saturated carbocycles. The second-order valence-corrected chi connectivity index (χ2v) is 9.47. The van der Waals surface area contributed by atoms with E-state index in [2.05, 4.69) is 10.2 Å². The number of aryl methyl sites for hydroxylation is 2. The molecule has 0 spiro atoms. The summed E-state index contributed by atoms with van der Waals surface area (Å²) < 4.78 is 3.48. The molecule has 0 radical (unpaired) electrons. The number of Topliss-reactive ketones (excluding diaryl/α,β-unsaturated/α-hetero) is 1. The van der Waals surface area contributed by atoms with Crippen LogP contribution in [-0.2, 0) is 4.79 Å². The van der Waals surface area contributed by atoms with Crippen LogP contribution in [0.15, 0.2) is 52.4 Å². The van der Waals surface area contributed by atoms with E-state index in [-0.39, 0.29) is 11.3 Å². The van der Waals surface area contributed by atoms with Gasteiger partial charge in [-0.05, 0) is 37.6 Å². The molecule has 30 heavy (non-hydrogen) atoms. The molecule has 0 amide bonds. The van der Waals surface area contributed by atoms with Gasteiger partial charge in [-0.15, -0.1) is 10.2 Å². The number of carbonyl (C=O) groups is 1. The Hall–Kier alpha value is -2.93. The molecule has 4 aromatic rings. The smallest absolute Gasteiger partial charge is 0.267 e. The number of ketones is 1. The van der Waals surface area contributed by atoms with Gasteiger partial charge in [0.05, 0.1) is 22.3 Å². The number of aromatic nitrogens is 4. The number of carbonyl (C=O) groups excluding carboxylic acids is 1. The maximum Gasteiger partial charge on any atom is 0.267 e. The Bertz CT molecular complexity index is 1350. The van der Waals surface area contributed by atoms with Gasteiger partial charge in [0.1, 0.15) is 5.78 Å². The van der Waals surface area contributed by atoms with Gasteiger partial charge in [-0.1, -0.05) is 62.4 Å². The fourth-order valence-electron chi connectivity index (χ4n) is 3.39. The minimum atomic E-state index is -0.420. The largest absolute Gasteiger partial charge is 0.298 e. The van der Waals surface area contributed by atoms with E-state index in [1.54, 1.807) is 4.57 Å². The van der Waals surface area contributed by atoms with Crippen LogP contribution >= 0.6 is 11.8 Å². The molecule has 2 heterocycles. The SMILES string of the molecule is Cc1ccc(-n2c(=O)c3ccccc3n3c(SCC(=O)C(C)(C)C)nnc23)c(C)c1. The van der Waals surface area contributed by atoms with Crippen LogP contribution in [0.1, 0.15) is 31.9 Å². The van der Waals surface area contributed by atoms with Gasteiger partial charge < -0.3 is 0 Å². The molecule has 0 saturated heterocycles. The van der Waals surface area contributed by atoms with Crippen molar-refractivity contribution in [2.24, 2.45) is 5.41 Å². The van der Waals surface area contributed by atoms with Crippen molar-refractivity contribution in [3.05, 3.63) is 63.9 Å². The van der Waals surface area contributed by atoms with E-state index in [1.165, 1.54) is 11.8 Å². The first-order valence-corrected chi connectivity index (χ1v) is 10.8. The van der Waals surface area contributed by atoms with Gasteiger partial charge in [0.25, 0.3) is 5.56 Å². The van der Waals surface area contributed by atoms with E-state index in [9.17, 15) is 9.59 Å². The number of thioether (sulfide) groups is 1. The number of nitrogens with zero attached hydrogens (tertiary/aromatic N) is 4. The fraction of sp³-hybridized carbons (Fsp3) is 0.304. The maximum absolute atomic E-state index is 13.4. The molecule has 0 bridgehead atoms. The summed E-state index contributed by atoms with van der Waals surface area (Å²) in [6.45, 7) is 9.73. The monoisotopic (exact) mass is 420 g/mol. The van der Waals surface area contributed by atoms with Crippen molar-refractivity contribution in [3.8, 4) is 5.69 Å². The Labute approximate surface area is 178 Å². The van der Waals surface area contributed by atoms with Crippen LogP contribution in [0, 0.1) is 19.3 Å². The van der Waals surface area contributed by atoms with Crippen LogP contribution in [-0.4, -0.2) is 30.7 Å². The van der Waals surface area contributed by atoms with Gasteiger partial charge in [0.2, 0.25) is 5.78 Å². The Morgan fingerprint density at radius 1 is 1.07 bits per heavy atom. The molecule has 7 heteroatoms. The molecule has 0 aliphatic rings. The third-order valence-corrected chi connectivity index (χ3v) is 6.09. The third kappa shape index (κ3) is 3.43. The van der Waals surface area contributed by atoms with Gasteiger partial charge >= 0.3 is 0 Å². The molecule has 154 valence electrons. The highest BCUT2D eigenvalue weighted by Crippen LogP contribution is 2.26. The highest BCUT2D eigenvalue weighted by molar-refractivity contribution is 7.99. The first-order valence-electron chi connectivity index (χ1n) is 9.81. The molecule has 0 aliphatic heterocycles. The highest BCUT2D eigenvalue weighted by atomic mass is 32.2. The van der Waals surface area contributed by atoms with Crippen molar-refractivity contribution in [3.63, 3.8) is 0 Å². The number of para-hydroxylation sites is 1. The van der Waals surface area contributed by atoms with Gasteiger partial charge in [-0.3, -0.25) is 14.0 Å². The summed E-state index contributed by atoms with van der Waals surface area (Å²) in [4.78, 5) is 25.9. The topological polar surface area (TPSA) is 69.3 Å². The van der Waals surface area contributed by atoms with E-state index >= 15 is 0 Å². The average molecular weight is 421 g/mol. The summed E-state index contributed by atoms with van der Waals surface area (Å²) >= 11 is 1.35. The standard InChI is InChI=1S/C23H24N4O2S/c1-14-10-11-17(15(2)12-14)26-20(29)16-8-6-7-9-18(16)27-21(26)24-25-22(27)30-13-19(28)23(3,4)5/h6-12H,13H2,1-5H3. The van der Waals surface area contributed by atoms with Gasteiger partial charge in [0, 0.05) is 5.41 Å². The minimum absolute atomic E-state index is 0.135. The van der Waals surface area contributed by atoms with Crippen LogP contribution < -0.4 is 5.56 Å². The summed E-state index contributed by atoms with van der Waals surface area (Å²) in [6.07, 6.45) is 0. The summed E-state index contributed by atoms with van der Waals surface area (Å²) in [5, 5.41) is 9.86. The van der Waals surface area contributed by atoms with Crippen molar-refractivity contribution in [1.82, 2.24) is 19.2 Å². The summed E-state index contributed by atoms with van der Waals surface area (Å²) in [5.41, 5.74) is 3.05.